The van der Waals surface area contributed by atoms with E-state index in [0.717, 1.165) is 83.6 Å². The molecule has 0 spiro atoms. The average molecular weight is 793 g/mol. The van der Waals surface area contributed by atoms with Crippen LogP contribution in [0.4, 0.5) is 4.79 Å². The highest BCUT2D eigenvalue weighted by Gasteiger charge is 2.71. The summed E-state index contributed by atoms with van der Waals surface area (Å²) >= 11 is 0. The maximum atomic E-state index is 14.5. The van der Waals surface area contributed by atoms with E-state index in [9.17, 15) is 19.5 Å². The van der Waals surface area contributed by atoms with Crippen molar-refractivity contribution in [2.75, 3.05) is 13.1 Å². The number of alkyl carbamates (subject to hydrolysis) is 1. The summed E-state index contributed by atoms with van der Waals surface area (Å²) in [5, 5.41) is 29.1. The van der Waals surface area contributed by atoms with Crippen LogP contribution in [0.25, 0.3) is 0 Å². The summed E-state index contributed by atoms with van der Waals surface area (Å²) in [6.07, 6.45) is 16.6. The van der Waals surface area contributed by atoms with Crippen LogP contribution in [0.3, 0.4) is 0 Å². The molecule has 0 bridgehead atoms. The van der Waals surface area contributed by atoms with Gasteiger partial charge in [0.05, 0.1) is 17.6 Å². The minimum Gasteiger partial charge on any atom is -0.444 e. The number of fused-ring (bicyclic) bond motifs is 7. The van der Waals surface area contributed by atoms with Gasteiger partial charge in [-0.2, -0.15) is 5.26 Å². The molecule has 0 heterocycles. The number of carbonyl (C=O) groups is 3. The molecule has 9 nitrogen and oxygen atoms in total. The Morgan fingerprint density at radius 3 is 2.11 bits per heavy atom. The Hall–Kier alpha value is -2.60. The van der Waals surface area contributed by atoms with E-state index < -0.39 is 17.7 Å². The van der Waals surface area contributed by atoms with Crippen molar-refractivity contribution in [1.82, 2.24) is 16.0 Å². The Labute approximate surface area is 346 Å². The van der Waals surface area contributed by atoms with E-state index >= 15 is 0 Å². The molecule has 5 saturated carbocycles. The molecule has 0 aromatic carbocycles. The van der Waals surface area contributed by atoms with Gasteiger partial charge in [-0.1, -0.05) is 72.5 Å². The normalized spacial score (nSPS) is 37.2. The number of allylic oxidation sites excluding steroid dienone is 1. The molecule has 5 rings (SSSR count). The van der Waals surface area contributed by atoms with Crippen LogP contribution in [-0.4, -0.2) is 53.9 Å². The smallest absolute Gasteiger partial charge is 0.408 e. The van der Waals surface area contributed by atoms with Gasteiger partial charge in [0.25, 0.3) is 0 Å². The fourth-order valence-electron chi connectivity index (χ4n) is 14.1. The third-order valence-electron chi connectivity index (χ3n) is 17.2. The molecule has 0 saturated heterocycles. The van der Waals surface area contributed by atoms with E-state index in [1.54, 1.807) is 20.8 Å². The number of rotatable bonds is 15. The first kappa shape index (κ1) is 45.5. The Bertz CT molecular complexity index is 1510. The van der Waals surface area contributed by atoms with Crippen LogP contribution in [0.5, 0.6) is 0 Å². The molecule has 1 unspecified atom stereocenters. The summed E-state index contributed by atoms with van der Waals surface area (Å²) in [5.41, 5.74) is 0.922. The SMILES string of the molecule is C=C(C)[C@@H]1CC[C@]2(C(=O)NCCCCCCCCNC(=O)C(CCC#N)NC(=O)OC(C)(C)C)CC[C@]3(C)[C@H](CC[C@@H]4[C@@]5(C)CC[C@H](O)C(C)(C)[C@@H]5CC[C@]43C)[C@@H]12. The van der Waals surface area contributed by atoms with Gasteiger partial charge in [0.1, 0.15) is 11.6 Å². The first-order valence-corrected chi connectivity index (χ1v) is 22.9. The summed E-state index contributed by atoms with van der Waals surface area (Å²) in [5.74, 6) is 2.51. The summed E-state index contributed by atoms with van der Waals surface area (Å²) in [6.45, 7) is 25.8. The Balaban J connectivity index is 1.10. The molecule has 0 aliphatic heterocycles. The van der Waals surface area contributed by atoms with Crippen LogP contribution in [0, 0.1) is 68.0 Å². The third kappa shape index (κ3) is 8.83. The van der Waals surface area contributed by atoms with Gasteiger partial charge >= 0.3 is 6.09 Å². The molecule has 322 valence electrons. The highest BCUT2D eigenvalue weighted by Crippen LogP contribution is 2.77. The van der Waals surface area contributed by atoms with E-state index in [0.29, 0.717) is 42.0 Å². The molecule has 5 aliphatic carbocycles. The summed E-state index contributed by atoms with van der Waals surface area (Å²) < 4.78 is 5.29. The fourth-order valence-corrected chi connectivity index (χ4v) is 14.1. The van der Waals surface area contributed by atoms with Crippen molar-refractivity contribution in [1.29, 1.82) is 5.26 Å². The molecule has 0 radical (unpaired) electrons. The van der Waals surface area contributed by atoms with Gasteiger partial charge in [0.2, 0.25) is 11.8 Å². The highest BCUT2D eigenvalue weighted by molar-refractivity contribution is 5.85. The Kier molecular flexibility index (Phi) is 14.0. The van der Waals surface area contributed by atoms with Gasteiger partial charge in [-0.05, 0) is 162 Å². The highest BCUT2D eigenvalue weighted by atomic mass is 16.6. The van der Waals surface area contributed by atoms with Crippen molar-refractivity contribution in [2.45, 2.75) is 196 Å². The predicted octanol–water partition coefficient (Wildman–Crippen LogP) is 9.77. The van der Waals surface area contributed by atoms with Crippen LogP contribution in [0.1, 0.15) is 178 Å². The molecule has 5 aliphatic rings. The first-order valence-electron chi connectivity index (χ1n) is 22.9. The Morgan fingerprint density at radius 2 is 1.47 bits per heavy atom. The molecular formula is C48H80N4O5. The molecule has 57 heavy (non-hydrogen) atoms. The number of hydrogen-bond acceptors (Lipinski definition) is 6. The number of carbonyl (C=O) groups excluding carboxylic acids is 3. The van der Waals surface area contributed by atoms with Crippen LogP contribution >= 0.6 is 0 Å². The van der Waals surface area contributed by atoms with E-state index in [4.69, 9.17) is 10.00 Å². The van der Waals surface area contributed by atoms with Crippen molar-refractivity contribution < 1.29 is 24.2 Å². The third-order valence-corrected chi connectivity index (χ3v) is 17.2. The van der Waals surface area contributed by atoms with Gasteiger partial charge in [-0.25, -0.2) is 4.79 Å². The lowest BCUT2D eigenvalue weighted by Gasteiger charge is -2.72. The van der Waals surface area contributed by atoms with Crippen LogP contribution in [-0.2, 0) is 14.3 Å². The number of nitrogens with zero attached hydrogens (tertiary/aromatic N) is 1. The molecule has 3 amide bonds. The number of nitriles is 1. The van der Waals surface area contributed by atoms with E-state index in [1.807, 2.05) is 6.07 Å². The van der Waals surface area contributed by atoms with Crippen molar-refractivity contribution >= 4 is 17.9 Å². The molecular weight excluding hydrogens is 713 g/mol. The van der Waals surface area contributed by atoms with Crippen LogP contribution in [0.15, 0.2) is 12.2 Å². The number of nitrogens with one attached hydrogen (secondary N) is 3. The number of ether oxygens (including phenoxy) is 1. The van der Waals surface area contributed by atoms with Crippen molar-refractivity contribution in [3.05, 3.63) is 12.2 Å². The van der Waals surface area contributed by atoms with E-state index in [2.05, 4.69) is 64.1 Å². The molecule has 4 N–H and O–H groups in total. The number of hydrogen-bond donors (Lipinski definition) is 4. The van der Waals surface area contributed by atoms with Gasteiger partial charge in [0.15, 0.2) is 0 Å². The van der Waals surface area contributed by atoms with Gasteiger partial charge in [-0.3, -0.25) is 9.59 Å². The lowest BCUT2D eigenvalue weighted by molar-refractivity contribution is -0.246. The lowest BCUT2D eigenvalue weighted by atomic mass is 9.32. The van der Waals surface area contributed by atoms with Crippen molar-refractivity contribution in [3.63, 3.8) is 0 Å². The topological polar surface area (TPSA) is 141 Å². The maximum absolute atomic E-state index is 14.5. The predicted molar refractivity (Wildman–Crippen MR) is 227 cm³/mol. The fraction of sp³-hybridized carbons (Fsp3) is 0.875. The minimum absolute atomic E-state index is 0.0452. The zero-order valence-electron chi connectivity index (χ0n) is 37.4. The van der Waals surface area contributed by atoms with Crippen LogP contribution < -0.4 is 16.0 Å². The zero-order chi connectivity index (χ0) is 42.0. The standard InChI is InChI=1S/C48H80N4O5/c1-32(2)33-21-26-48(41(55)51-31-16-14-12-11-13-15-30-50-40(54)35(18-17-29-49)52-42(56)57-43(3,4)5)28-27-46(9)34(39(33)48)19-20-37-45(8)24-23-38(53)44(6,7)36(45)22-25-47(37,46)10/h33-39,53H,1,11-28,30-31H2,2-10H3,(H,50,54)(H,51,55)(H,52,56)/t33-,34+,35?,36-,37+,38-,39+,45-,46+,47+,48-/m0/s1. The second kappa shape index (κ2) is 17.6. The molecule has 5 fully saturated rings. The second-order valence-electron chi connectivity index (χ2n) is 21.8. The molecule has 9 heteroatoms. The number of amides is 3. The molecule has 0 aromatic heterocycles. The van der Waals surface area contributed by atoms with E-state index in [1.165, 1.54) is 31.3 Å². The largest absolute Gasteiger partial charge is 0.444 e. The van der Waals surface area contributed by atoms with E-state index in [-0.39, 0.29) is 51.9 Å². The number of aliphatic hydroxyl groups excluding tert-OH is 1. The lowest BCUT2D eigenvalue weighted by Crippen LogP contribution is -2.67. The van der Waals surface area contributed by atoms with Crippen molar-refractivity contribution in [2.24, 2.45) is 56.7 Å². The van der Waals surface area contributed by atoms with Gasteiger partial charge in [-0.15, -0.1) is 0 Å². The summed E-state index contributed by atoms with van der Waals surface area (Å²) in [7, 11) is 0. The second-order valence-corrected chi connectivity index (χ2v) is 21.8. The minimum atomic E-state index is -0.800. The van der Waals surface area contributed by atoms with Crippen LogP contribution in [0.2, 0.25) is 0 Å². The Morgan fingerprint density at radius 1 is 0.825 bits per heavy atom. The number of unbranched alkanes of at least 4 members (excludes halogenated alkanes) is 5. The van der Waals surface area contributed by atoms with Crippen molar-refractivity contribution in [3.8, 4) is 6.07 Å². The first-order chi connectivity index (χ1) is 26.7. The maximum Gasteiger partial charge on any atom is 0.408 e. The molecule has 11 atom stereocenters. The number of aliphatic hydroxyl groups is 1. The van der Waals surface area contributed by atoms with Gasteiger partial charge in [0, 0.05) is 19.5 Å². The monoisotopic (exact) mass is 793 g/mol. The average Bonchev–Trinajstić information content (AvgIpc) is 3.53. The molecule has 0 aromatic rings. The zero-order valence-corrected chi connectivity index (χ0v) is 37.4. The summed E-state index contributed by atoms with van der Waals surface area (Å²) in [6, 6.07) is 1.25. The summed E-state index contributed by atoms with van der Waals surface area (Å²) in [4.78, 5) is 39.5. The quantitative estimate of drug-likeness (QED) is 0.0962. The van der Waals surface area contributed by atoms with Gasteiger partial charge < -0.3 is 25.8 Å².